The first-order valence-corrected chi connectivity index (χ1v) is 9.33. The van der Waals surface area contributed by atoms with E-state index in [1.807, 2.05) is 30.3 Å². The van der Waals surface area contributed by atoms with Gasteiger partial charge in [-0.05, 0) is 72.5 Å². The third kappa shape index (κ3) is 3.29. The molecule has 0 saturated heterocycles. The predicted molar refractivity (Wildman–Crippen MR) is 114 cm³/mol. The van der Waals surface area contributed by atoms with Gasteiger partial charge in [-0.3, -0.25) is 0 Å². The predicted octanol–water partition coefficient (Wildman–Crippen LogP) is 5.80. The number of rotatable bonds is 5. The Morgan fingerprint density at radius 3 is 2.14 bits per heavy atom. The van der Waals surface area contributed by atoms with Crippen molar-refractivity contribution in [3.05, 3.63) is 59.7 Å². The summed E-state index contributed by atoms with van der Waals surface area (Å²) < 4.78 is 22.5. The summed E-state index contributed by atoms with van der Waals surface area (Å²) in [7, 11) is 4.92. The number of aromatic nitrogens is 1. The number of methoxy groups -OCH3 is 3. The van der Waals surface area contributed by atoms with Gasteiger partial charge in [0.2, 0.25) is 5.89 Å². The molecule has 1 aromatic heterocycles. The van der Waals surface area contributed by atoms with Gasteiger partial charge >= 0.3 is 0 Å². The van der Waals surface area contributed by atoms with E-state index in [9.17, 15) is 0 Å². The zero-order valence-corrected chi connectivity index (χ0v) is 17.2. The average Bonchev–Trinajstić information content (AvgIpc) is 3.16. The van der Waals surface area contributed by atoms with Gasteiger partial charge in [-0.2, -0.15) is 0 Å². The molecule has 4 aromatic rings. The van der Waals surface area contributed by atoms with Crippen LogP contribution in [0.15, 0.2) is 52.9 Å². The standard InChI is InChI=1S/C24H23NO4/c1-14-11-17(12-15(2)22(14)27-4)16-9-10-19-21(13-16)29-24(25-19)18-7-6-8-20(26-3)23(18)28-5/h6-13H,1-5H3. The normalized spacial score (nSPS) is 10.9. The number of benzene rings is 3. The molecule has 0 aliphatic heterocycles. The van der Waals surface area contributed by atoms with E-state index in [4.69, 9.17) is 18.6 Å². The van der Waals surface area contributed by atoms with Gasteiger partial charge in [-0.25, -0.2) is 4.98 Å². The summed E-state index contributed by atoms with van der Waals surface area (Å²) in [4.78, 5) is 4.64. The van der Waals surface area contributed by atoms with E-state index in [0.717, 1.165) is 39.1 Å². The highest BCUT2D eigenvalue weighted by atomic mass is 16.5. The summed E-state index contributed by atoms with van der Waals surface area (Å²) in [5.74, 6) is 2.65. The van der Waals surface area contributed by atoms with Crippen LogP contribution in [0.25, 0.3) is 33.7 Å². The van der Waals surface area contributed by atoms with E-state index < -0.39 is 0 Å². The molecule has 0 fully saturated rings. The molecule has 4 rings (SSSR count). The third-order valence-corrected chi connectivity index (χ3v) is 5.02. The number of para-hydroxylation sites is 1. The smallest absolute Gasteiger partial charge is 0.231 e. The van der Waals surface area contributed by atoms with Gasteiger partial charge in [0.05, 0.1) is 26.9 Å². The number of hydrogen-bond donors (Lipinski definition) is 0. The minimum Gasteiger partial charge on any atom is -0.496 e. The summed E-state index contributed by atoms with van der Waals surface area (Å²) in [6.07, 6.45) is 0. The van der Waals surface area contributed by atoms with Crippen LogP contribution >= 0.6 is 0 Å². The highest BCUT2D eigenvalue weighted by Crippen LogP contribution is 2.39. The fourth-order valence-corrected chi connectivity index (χ4v) is 3.71. The van der Waals surface area contributed by atoms with Crippen LogP contribution < -0.4 is 14.2 Å². The van der Waals surface area contributed by atoms with Crippen molar-refractivity contribution in [1.29, 1.82) is 0 Å². The van der Waals surface area contributed by atoms with Gasteiger partial charge in [0.25, 0.3) is 0 Å². The van der Waals surface area contributed by atoms with Gasteiger partial charge in [-0.15, -0.1) is 0 Å². The first kappa shape index (κ1) is 18.9. The zero-order valence-electron chi connectivity index (χ0n) is 17.2. The molecule has 5 heteroatoms. The van der Waals surface area contributed by atoms with E-state index in [0.29, 0.717) is 23.0 Å². The molecule has 0 aliphatic carbocycles. The first-order valence-electron chi connectivity index (χ1n) is 9.33. The number of aryl methyl sites for hydroxylation is 2. The van der Waals surface area contributed by atoms with E-state index in [-0.39, 0.29) is 0 Å². The Kier molecular flexibility index (Phi) is 4.89. The third-order valence-electron chi connectivity index (χ3n) is 5.02. The molecule has 0 saturated carbocycles. The lowest BCUT2D eigenvalue weighted by Crippen LogP contribution is -1.93. The Balaban J connectivity index is 1.80. The van der Waals surface area contributed by atoms with Crippen molar-refractivity contribution in [2.75, 3.05) is 21.3 Å². The molecule has 0 spiro atoms. The van der Waals surface area contributed by atoms with E-state index in [1.165, 1.54) is 0 Å². The van der Waals surface area contributed by atoms with Crippen molar-refractivity contribution >= 4 is 11.1 Å². The summed E-state index contributed by atoms with van der Waals surface area (Å²) in [5.41, 5.74) is 6.63. The molecule has 148 valence electrons. The van der Waals surface area contributed by atoms with E-state index in [2.05, 4.69) is 37.0 Å². The van der Waals surface area contributed by atoms with Crippen LogP contribution in [0.3, 0.4) is 0 Å². The lowest BCUT2D eigenvalue weighted by atomic mass is 9.99. The fraction of sp³-hybridized carbons (Fsp3) is 0.208. The van der Waals surface area contributed by atoms with E-state index >= 15 is 0 Å². The molecular formula is C24H23NO4. The monoisotopic (exact) mass is 389 g/mol. The number of nitrogens with zero attached hydrogens (tertiary/aromatic N) is 1. The van der Waals surface area contributed by atoms with Crippen molar-refractivity contribution in [3.63, 3.8) is 0 Å². The molecule has 0 unspecified atom stereocenters. The summed E-state index contributed by atoms with van der Waals surface area (Å²) >= 11 is 0. The number of hydrogen-bond acceptors (Lipinski definition) is 5. The van der Waals surface area contributed by atoms with Crippen LogP contribution in [0.4, 0.5) is 0 Å². The maximum absolute atomic E-state index is 6.09. The number of ether oxygens (including phenoxy) is 3. The topological polar surface area (TPSA) is 53.7 Å². The van der Waals surface area contributed by atoms with Gasteiger partial charge in [0.1, 0.15) is 11.3 Å². The molecule has 29 heavy (non-hydrogen) atoms. The van der Waals surface area contributed by atoms with Crippen LogP contribution in [0, 0.1) is 13.8 Å². The van der Waals surface area contributed by atoms with Gasteiger partial charge in [-0.1, -0.05) is 12.1 Å². The quantitative estimate of drug-likeness (QED) is 0.431. The molecule has 0 aliphatic rings. The molecule has 0 N–H and O–H groups in total. The Bertz CT molecular complexity index is 1170. The molecule has 1 heterocycles. The molecule has 0 bridgehead atoms. The lowest BCUT2D eigenvalue weighted by molar-refractivity contribution is 0.355. The maximum Gasteiger partial charge on any atom is 0.231 e. The van der Waals surface area contributed by atoms with Crippen LogP contribution in [-0.4, -0.2) is 26.3 Å². The molecule has 0 radical (unpaired) electrons. The minimum absolute atomic E-state index is 0.495. The molecular weight excluding hydrogens is 366 g/mol. The average molecular weight is 389 g/mol. The Morgan fingerprint density at radius 1 is 0.759 bits per heavy atom. The highest BCUT2D eigenvalue weighted by molar-refractivity contribution is 5.83. The molecule has 0 atom stereocenters. The second kappa shape index (κ2) is 7.51. The number of oxazole rings is 1. The maximum atomic E-state index is 6.09. The Labute approximate surface area is 169 Å². The number of fused-ring (bicyclic) bond motifs is 1. The molecule has 0 amide bonds. The van der Waals surface area contributed by atoms with Crippen LogP contribution in [0.5, 0.6) is 17.2 Å². The second-order valence-corrected chi connectivity index (χ2v) is 6.89. The van der Waals surface area contributed by atoms with Crippen molar-refractivity contribution in [3.8, 4) is 39.8 Å². The second-order valence-electron chi connectivity index (χ2n) is 6.89. The van der Waals surface area contributed by atoms with Gasteiger partial charge < -0.3 is 18.6 Å². The minimum atomic E-state index is 0.495. The fourth-order valence-electron chi connectivity index (χ4n) is 3.71. The van der Waals surface area contributed by atoms with Crippen molar-refractivity contribution in [1.82, 2.24) is 4.98 Å². The molecule has 5 nitrogen and oxygen atoms in total. The van der Waals surface area contributed by atoms with Gasteiger partial charge in [0.15, 0.2) is 17.1 Å². The highest BCUT2D eigenvalue weighted by Gasteiger charge is 2.17. The van der Waals surface area contributed by atoms with Crippen LogP contribution in [0.1, 0.15) is 11.1 Å². The van der Waals surface area contributed by atoms with Crippen LogP contribution in [0.2, 0.25) is 0 Å². The Hall–Kier alpha value is -3.47. The van der Waals surface area contributed by atoms with Crippen molar-refractivity contribution < 1.29 is 18.6 Å². The van der Waals surface area contributed by atoms with Crippen molar-refractivity contribution in [2.24, 2.45) is 0 Å². The lowest BCUT2D eigenvalue weighted by Gasteiger charge is -2.11. The van der Waals surface area contributed by atoms with Crippen molar-refractivity contribution in [2.45, 2.75) is 13.8 Å². The SMILES string of the molecule is COc1cccc(-c2nc3ccc(-c4cc(C)c(OC)c(C)c4)cc3o2)c1OC. The van der Waals surface area contributed by atoms with Crippen LogP contribution in [-0.2, 0) is 0 Å². The summed E-state index contributed by atoms with van der Waals surface area (Å²) in [6, 6.07) is 15.9. The largest absolute Gasteiger partial charge is 0.496 e. The molecule has 3 aromatic carbocycles. The summed E-state index contributed by atoms with van der Waals surface area (Å²) in [6.45, 7) is 4.10. The Morgan fingerprint density at radius 2 is 1.48 bits per heavy atom. The zero-order chi connectivity index (χ0) is 20.5. The summed E-state index contributed by atoms with van der Waals surface area (Å²) in [5, 5.41) is 0. The van der Waals surface area contributed by atoms with E-state index in [1.54, 1.807) is 21.3 Å². The first-order chi connectivity index (χ1) is 14.0. The van der Waals surface area contributed by atoms with Gasteiger partial charge in [0, 0.05) is 0 Å².